The maximum Gasteiger partial charge on any atom is 0.251 e. The van der Waals surface area contributed by atoms with Gasteiger partial charge in [-0.05, 0) is 30.7 Å². The number of aryl methyl sites for hydroxylation is 1. The number of anilines is 1. The quantitative estimate of drug-likeness (QED) is 0.657. The first-order valence-corrected chi connectivity index (χ1v) is 7.74. The summed E-state index contributed by atoms with van der Waals surface area (Å²) in [5.41, 5.74) is 2.50. The van der Waals surface area contributed by atoms with E-state index in [1.165, 1.54) is 0 Å². The summed E-state index contributed by atoms with van der Waals surface area (Å²) in [7, 11) is -1.39. The maximum absolute atomic E-state index is 11.8. The van der Waals surface area contributed by atoms with Crippen molar-refractivity contribution in [3.63, 3.8) is 0 Å². The Kier molecular flexibility index (Phi) is 5.31. The first kappa shape index (κ1) is 15.5. The van der Waals surface area contributed by atoms with Crippen LogP contribution >= 0.6 is 0 Å². The molecule has 0 spiro atoms. The molecule has 0 radical (unpaired) electrons. The number of rotatable bonds is 6. The third-order valence-electron chi connectivity index (χ3n) is 2.53. The average molecular weight is 285 g/mol. The molecule has 1 aromatic rings. The molecule has 1 aromatic carbocycles. The van der Waals surface area contributed by atoms with Crippen LogP contribution in [0.5, 0.6) is 0 Å². The fraction of sp³-hybridized carbons (Fsp3) is 0.417. The molecule has 0 aliphatic rings. The van der Waals surface area contributed by atoms with Crippen molar-refractivity contribution >= 4 is 21.6 Å². The van der Waals surface area contributed by atoms with Gasteiger partial charge < -0.3 is 10.6 Å². The molecule has 0 aromatic heterocycles. The van der Waals surface area contributed by atoms with Crippen molar-refractivity contribution in [2.75, 3.05) is 31.7 Å². The lowest BCUT2D eigenvalue weighted by molar-refractivity contribution is 0.0954. The number of nitrogens with one attached hydrogen (secondary N) is 3. The summed E-state index contributed by atoms with van der Waals surface area (Å²) in [5, 5.41) is 5.67. The SMILES string of the molecule is CNc1ccc(C(=O)NCCNS(C)(=O)=O)cc1C. The summed E-state index contributed by atoms with van der Waals surface area (Å²) in [5.74, 6) is -0.221. The first-order chi connectivity index (χ1) is 8.83. The second-order valence-electron chi connectivity index (χ2n) is 4.20. The van der Waals surface area contributed by atoms with Crippen molar-refractivity contribution in [1.82, 2.24) is 10.0 Å². The molecule has 19 heavy (non-hydrogen) atoms. The minimum Gasteiger partial charge on any atom is -0.388 e. The zero-order chi connectivity index (χ0) is 14.5. The molecule has 0 aliphatic heterocycles. The molecule has 0 bridgehead atoms. The Hall–Kier alpha value is -1.60. The normalized spacial score (nSPS) is 11.1. The molecular weight excluding hydrogens is 266 g/mol. The summed E-state index contributed by atoms with van der Waals surface area (Å²) in [6.45, 7) is 2.34. The predicted molar refractivity (Wildman–Crippen MR) is 75.9 cm³/mol. The number of carbonyl (C=O) groups excluding carboxylic acids is 1. The van der Waals surface area contributed by atoms with Crippen LogP contribution in [0.2, 0.25) is 0 Å². The van der Waals surface area contributed by atoms with Gasteiger partial charge in [-0.15, -0.1) is 0 Å². The summed E-state index contributed by atoms with van der Waals surface area (Å²) in [6.07, 6.45) is 1.08. The lowest BCUT2D eigenvalue weighted by Gasteiger charge is -2.09. The van der Waals surface area contributed by atoms with Crippen molar-refractivity contribution < 1.29 is 13.2 Å². The molecule has 1 rings (SSSR count). The molecule has 106 valence electrons. The number of amides is 1. The average Bonchev–Trinajstić information content (AvgIpc) is 2.33. The molecular formula is C12H19N3O3S. The Morgan fingerprint density at radius 3 is 2.47 bits per heavy atom. The summed E-state index contributed by atoms with van der Waals surface area (Å²) < 4.78 is 24.0. The number of carbonyl (C=O) groups is 1. The molecule has 0 atom stereocenters. The van der Waals surface area contributed by atoms with E-state index in [2.05, 4.69) is 15.4 Å². The lowest BCUT2D eigenvalue weighted by Crippen LogP contribution is -2.34. The smallest absolute Gasteiger partial charge is 0.251 e. The monoisotopic (exact) mass is 285 g/mol. The van der Waals surface area contributed by atoms with Crippen LogP contribution in [0.1, 0.15) is 15.9 Å². The molecule has 0 saturated carbocycles. The van der Waals surface area contributed by atoms with E-state index in [1.807, 2.05) is 20.0 Å². The summed E-state index contributed by atoms with van der Waals surface area (Å²) in [6, 6.07) is 5.34. The van der Waals surface area contributed by atoms with E-state index in [9.17, 15) is 13.2 Å². The van der Waals surface area contributed by atoms with Gasteiger partial charge in [-0.25, -0.2) is 13.1 Å². The maximum atomic E-state index is 11.8. The van der Waals surface area contributed by atoms with E-state index >= 15 is 0 Å². The topological polar surface area (TPSA) is 87.3 Å². The fourth-order valence-electron chi connectivity index (χ4n) is 1.60. The van der Waals surface area contributed by atoms with Crippen molar-refractivity contribution in [3.05, 3.63) is 29.3 Å². The van der Waals surface area contributed by atoms with Gasteiger partial charge in [0.25, 0.3) is 5.91 Å². The van der Waals surface area contributed by atoms with Crippen LogP contribution in [0.25, 0.3) is 0 Å². The Labute approximate surface area is 113 Å². The van der Waals surface area contributed by atoms with Gasteiger partial charge in [0.1, 0.15) is 0 Å². The Morgan fingerprint density at radius 2 is 1.95 bits per heavy atom. The van der Waals surface area contributed by atoms with Gasteiger partial charge in [0.2, 0.25) is 10.0 Å². The van der Waals surface area contributed by atoms with Crippen LogP contribution in [0, 0.1) is 6.92 Å². The molecule has 0 aliphatic carbocycles. The van der Waals surface area contributed by atoms with Gasteiger partial charge in [-0.1, -0.05) is 0 Å². The Bertz CT molecular complexity index is 555. The molecule has 0 unspecified atom stereocenters. The van der Waals surface area contributed by atoms with Gasteiger partial charge in [0.05, 0.1) is 6.26 Å². The van der Waals surface area contributed by atoms with Crippen molar-refractivity contribution in [2.24, 2.45) is 0 Å². The Morgan fingerprint density at radius 1 is 1.26 bits per heavy atom. The first-order valence-electron chi connectivity index (χ1n) is 5.84. The zero-order valence-electron chi connectivity index (χ0n) is 11.3. The van der Waals surface area contributed by atoms with E-state index in [0.29, 0.717) is 5.56 Å². The van der Waals surface area contributed by atoms with Crippen molar-refractivity contribution in [1.29, 1.82) is 0 Å². The van der Waals surface area contributed by atoms with E-state index in [0.717, 1.165) is 17.5 Å². The highest BCUT2D eigenvalue weighted by atomic mass is 32.2. The van der Waals surface area contributed by atoms with Gasteiger partial charge in [-0.3, -0.25) is 4.79 Å². The lowest BCUT2D eigenvalue weighted by atomic mass is 10.1. The standard InChI is InChI=1S/C12H19N3O3S/c1-9-8-10(4-5-11(9)13-2)12(16)14-6-7-15-19(3,17)18/h4-5,8,13,15H,6-7H2,1-3H3,(H,14,16). The van der Waals surface area contributed by atoms with Crippen LogP contribution in [-0.2, 0) is 10.0 Å². The minimum absolute atomic E-state index is 0.179. The van der Waals surface area contributed by atoms with E-state index in [4.69, 9.17) is 0 Å². The Balaban J connectivity index is 2.52. The zero-order valence-corrected chi connectivity index (χ0v) is 12.1. The van der Waals surface area contributed by atoms with E-state index < -0.39 is 10.0 Å². The van der Waals surface area contributed by atoms with Crippen LogP contribution in [-0.4, -0.2) is 40.7 Å². The van der Waals surface area contributed by atoms with Gasteiger partial charge in [0.15, 0.2) is 0 Å². The van der Waals surface area contributed by atoms with E-state index in [-0.39, 0.29) is 19.0 Å². The highest BCUT2D eigenvalue weighted by Gasteiger charge is 2.07. The number of sulfonamides is 1. The summed E-state index contributed by atoms with van der Waals surface area (Å²) >= 11 is 0. The van der Waals surface area contributed by atoms with Crippen LogP contribution in [0.4, 0.5) is 5.69 Å². The summed E-state index contributed by atoms with van der Waals surface area (Å²) in [4.78, 5) is 11.8. The van der Waals surface area contributed by atoms with Crippen molar-refractivity contribution in [3.8, 4) is 0 Å². The highest BCUT2D eigenvalue weighted by Crippen LogP contribution is 2.15. The number of hydrogen-bond acceptors (Lipinski definition) is 4. The van der Waals surface area contributed by atoms with Gasteiger partial charge in [0, 0.05) is 31.4 Å². The highest BCUT2D eigenvalue weighted by molar-refractivity contribution is 7.88. The van der Waals surface area contributed by atoms with Crippen LogP contribution < -0.4 is 15.4 Å². The molecule has 0 saturated heterocycles. The third-order valence-corrected chi connectivity index (χ3v) is 3.26. The largest absolute Gasteiger partial charge is 0.388 e. The number of hydrogen-bond donors (Lipinski definition) is 3. The second-order valence-corrected chi connectivity index (χ2v) is 6.04. The van der Waals surface area contributed by atoms with Gasteiger partial charge >= 0.3 is 0 Å². The molecule has 7 heteroatoms. The molecule has 0 fully saturated rings. The fourth-order valence-corrected chi connectivity index (χ4v) is 2.07. The molecule has 6 nitrogen and oxygen atoms in total. The second kappa shape index (κ2) is 6.53. The minimum atomic E-state index is -3.21. The van der Waals surface area contributed by atoms with Gasteiger partial charge in [-0.2, -0.15) is 0 Å². The van der Waals surface area contributed by atoms with E-state index in [1.54, 1.807) is 12.1 Å². The number of benzene rings is 1. The molecule has 3 N–H and O–H groups in total. The van der Waals surface area contributed by atoms with Crippen molar-refractivity contribution in [2.45, 2.75) is 6.92 Å². The predicted octanol–water partition coefficient (Wildman–Crippen LogP) is 0.316. The van der Waals surface area contributed by atoms with Crippen LogP contribution in [0.3, 0.4) is 0 Å². The molecule has 0 heterocycles. The van der Waals surface area contributed by atoms with Crippen LogP contribution in [0.15, 0.2) is 18.2 Å². The molecule has 1 amide bonds. The third kappa shape index (κ3) is 5.27.